The number of allylic oxidation sites excluding steroid dienone is 1. The first-order valence-electron chi connectivity index (χ1n) is 6.60. The van der Waals surface area contributed by atoms with Crippen molar-refractivity contribution in [1.29, 1.82) is 0 Å². The first kappa shape index (κ1) is 13.0. The van der Waals surface area contributed by atoms with Crippen molar-refractivity contribution in [2.45, 2.75) is 44.6 Å². The molecule has 0 spiro atoms. The lowest BCUT2D eigenvalue weighted by Crippen LogP contribution is -2.17. The van der Waals surface area contributed by atoms with Gasteiger partial charge in [-0.05, 0) is 31.7 Å². The first-order valence-corrected chi connectivity index (χ1v) is 6.60. The van der Waals surface area contributed by atoms with Crippen LogP contribution in [0.5, 0.6) is 0 Å². The molecule has 96 valence electrons. The Kier molecular flexibility index (Phi) is 4.32. The number of aliphatic hydroxyl groups is 1. The fourth-order valence-corrected chi connectivity index (χ4v) is 2.61. The van der Waals surface area contributed by atoms with Gasteiger partial charge < -0.3 is 9.90 Å². The van der Waals surface area contributed by atoms with Gasteiger partial charge in [-0.15, -0.1) is 0 Å². The fraction of sp³-hybridized carbons (Fsp3) is 0.438. The zero-order valence-corrected chi connectivity index (χ0v) is 10.8. The van der Waals surface area contributed by atoms with Crippen LogP contribution in [0.2, 0.25) is 0 Å². The van der Waals surface area contributed by atoms with E-state index in [1.807, 2.05) is 24.3 Å². The maximum atomic E-state index is 11.1. The number of ketones is 1. The summed E-state index contributed by atoms with van der Waals surface area (Å²) in [4.78, 5) is 11.1. The summed E-state index contributed by atoms with van der Waals surface area (Å²) >= 11 is 0. The molecule has 2 heteroatoms. The quantitative estimate of drug-likeness (QED) is 0.826. The summed E-state index contributed by atoms with van der Waals surface area (Å²) in [6, 6.07) is 10.4. The summed E-state index contributed by atoms with van der Waals surface area (Å²) in [6.07, 6.45) is 4.72. The molecule has 2 rings (SSSR count). The van der Waals surface area contributed by atoms with Crippen LogP contribution < -0.4 is 0 Å². The predicted octanol–water partition coefficient (Wildman–Crippen LogP) is 3.22. The van der Waals surface area contributed by atoms with E-state index < -0.39 is 0 Å². The highest BCUT2D eigenvalue weighted by molar-refractivity contribution is 5.75. The highest BCUT2D eigenvalue weighted by atomic mass is 16.3. The predicted molar refractivity (Wildman–Crippen MR) is 72.4 cm³/mol. The Morgan fingerprint density at radius 2 is 2.00 bits per heavy atom. The van der Waals surface area contributed by atoms with E-state index in [2.05, 4.69) is 12.1 Å². The van der Waals surface area contributed by atoms with Crippen LogP contribution in [0, 0.1) is 0 Å². The van der Waals surface area contributed by atoms with Gasteiger partial charge >= 0.3 is 0 Å². The van der Waals surface area contributed by atoms with Crippen LogP contribution in [0.3, 0.4) is 0 Å². The lowest BCUT2D eigenvalue weighted by molar-refractivity contribution is -0.117. The molecule has 1 aromatic rings. The van der Waals surface area contributed by atoms with Crippen molar-refractivity contribution in [3.63, 3.8) is 0 Å². The minimum atomic E-state index is -0.341. The molecule has 2 atom stereocenters. The second kappa shape index (κ2) is 5.96. The second-order valence-corrected chi connectivity index (χ2v) is 5.05. The number of hydrogen-bond donors (Lipinski definition) is 1. The highest BCUT2D eigenvalue weighted by Crippen LogP contribution is 2.36. The molecule has 0 unspecified atom stereocenters. The van der Waals surface area contributed by atoms with Crippen molar-refractivity contribution in [1.82, 2.24) is 0 Å². The maximum absolute atomic E-state index is 11.1. The number of rotatable bonds is 4. The summed E-state index contributed by atoms with van der Waals surface area (Å²) in [5.74, 6) is 0.580. The van der Waals surface area contributed by atoms with Crippen LogP contribution in [-0.2, 0) is 4.79 Å². The molecular formula is C16H20O2. The summed E-state index contributed by atoms with van der Waals surface area (Å²) in [6.45, 7) is 1.62. The van der Waals surface area contributed by atoms with E-state index in [4.69, 9.17) is 0 Å². The summed E-state index contributed by atoms with van der Waals surface area (Å²) < 4.78 is 0. The molecule has 0 bridgehead atoms. The highest BCUT2D eigenvalue weighted by Gasteiger charge is 2.23. The topological polar surface area (TPSA) is 37.3 Å². The zero-order valence-electron chi connectivity index (χ0n) is 10.8. The van der Waals surface area contributed by atoms with Crippen LogP contribution in [0.15, 0.2) is 42.0 Å². The number of benzene rings is 1. The Bertz CT molecular complexity index is 434. The third-order valence-electron chi connectivity index (χ3n) is 3.57. The van der Waals surface area contributed by atoms with Gasteiger partial charge in [-0.2, -0.15) is 0 Å². The fourth-order valence-electron chi connectivity index (χ4n) is 2.61. The Morgan fingerprint density at radius 1 is 1.28 bits per heavy atom. The number of carbonyl (C=O) groups is 1. The minimum Gasteiger partial charge on any atom is -0.389 e. The number of Topliss-reactive ketones (excluding diaryl/α,β-unsaturated/α-hetero) is 1. The lowest BCUT2D eigenvalue weighted by atomic mass is 9.79. The van der Waals surface area contributed by atoms with Crippen molar-refractivity contribution in [2.75, 3.05) is 0 Å². The zero-order chi connectivity index (χ0) is 13.0. The molecule has 0 aliphatic heterocycles. The monoisotopic (exact) mass is 244 g/mol. The van der Waals surface area contributed by atoms with E-state index in [9.17, 15) is 9.90 Å². The van der Waals surface area contributed by atoms with Gasteiger partial charge in [-0.1, -0.05) is 42.0 Å². The van der Waals surface area contributed by atoms with Gasteiger partial charge in [0.05, 0.1) is 6.10 Å². The molecule has 0 saturated carbocycles. The molecule has 2 nitrogen and oxygen atoms in total. The molecule has 0 saturated heterocycles. The maximum Gasteiger partial charge on any atom is 0.130 e. The molecule has 0 radical (unpaired) electrons. The van der Waals surface area contributed by atoms with E-state index in [0.29, 0.717) is 12.3 Å². The minimum absolute atomic E-state index is 0.211. The van der Waals surface area contributed by atoms with E-state index in [0.717, 1.165) is 19.3 Å². The molecule has 1 aromatic carbocycles. The molecule has 1 aliphatic carbocycles. The summed E-state index contributed by atoms with van der Waals surface area (Å²) in [5.41, 5.74) is 2.51. The smallest absolute Gasteiger partial charge is 0.130 e. The van der Waals surface area contributed by atoms with Gasteiger partial charge in [0.25, 0.3) is 0 Å². The molecular weight excluding hydrogens is 224 g/mol. The standard InChI is InChI=1S/C16H20O2/c1-12(17)7-8-14-11-15(18)9-10-16(14)13-5-3-2-4-6-13/h2-6,11,15-16,18H,7-10H2,1H3/t15-,16+/m1/s1. The summed E-state index contributed by atoms with van der Waals surface area (Å²) in [5, 5.41) is 9.75. The molecule has 0 fully saturated rings. The van der Waals surface area contributed by atoms with Gasteiger partial charge in [0.2, 0.25) is 0 Å². The van der Waals surface area contributed by atoms with Gasteiger partial charge in [0, 0.05) is 12.3 Å². The average molecular weight is 244 g/mol. The van der Waals surface area contributed by atoms with Crippen molar-refractivity contribution in [3.8, 4) is 0 Å². The SMILES string of the molecule is CC(=O)CCC1=C[C@H](O)CC[C@H]1c1ccccc1. The van der Waals surface area contributed by atoms with E-state index >= 15 is 0 Å². The van der Waals surface area contributed by atoms with Crippen LogP contribution >= 0.6 is 0 Å². The normalized spacial score (nSPS) is 23.6. The Morgan fingerprint density at radius 3 is 2.67 bits per heavy atom. The first-order chi connectivity index (χ1) is 8.66. The molecule has 18 heavy (non-hydrogen) atoms. The van der Waals surface area contributed by atoms with Crippen LogP contribution in [0.4, 0.5) is 0 Å². The third-order valence-corrected chi connectivity index (χ3v) is 3.57. The van der Waals surface area contributed by atoms with Gasteiger partial charge in [0.15, 0.2) is 0 Å². The van der Waals surface area contributed by atoms with E-state index in [1.165, 1.54) is 11.1 Å². The number of aliphatic hydroxyl groups excluding tert-OH is 1. The third kappa shape index (κ3) is 3.30. The largest absolute Gasteiger partial charge is 0.389 e. The molecule has 1 aliphatic rings. The number of carbonyl (C=O) groups excluding carboxylic acids is 1. The van der Waals surface area contributed by atoms with Gasteiger partial charge in [-0.25, -0.2) is 0 Å². The van der Waals surface area contributed by atoms with Crippen LogP contribution in [0.1, 0.15) is 44.1 Å². The number of hydrogen-bond acceptors (Lipinski definition) is 2. The molecule has 0 amide bonds. The van der Waals surface area contributed by atoms with Crippen molar-refractivity contribution < 1.29 is 9.90 Å². The lowest BCUT2D eigenvalue weighted by Gasteiger charge is -2.27. The molecule has 0 heterocycles. The van der Waals surface area contributed by atoms with Crippen LogP contribution in [0.25, 0.3) is 0 Å². The van der Waals surface area contributed by atoms with Crippen molar-refractivity contribution in [2.24, 2.45) is 0 Å². The van der Waals surface area contributed by atoms with Gasteiger partial charge in [-0.3, -0.25) is 0 Å². The average Bonchev–Trinajstić information content (AvgIpc) is 2.37. The van der Waals surface area contributed by atoms with E-state index in [1.54, 1.807) is 6.92 Å². The Hall–Kier alpha value is -1.41. The summed E-state index contributed by atoms with van der Waals surface area (Å²) in [7, 11) is 0. The van der Waals surface area contributed by atoms with E-state index in [-0.39, 0.29) is 11.9 Å². The Balaban J connectivity index is 2.17. The van der Waals surface area contributed by atoms with Crippen LogP contribution in [-0.4, -0.2) is 17.0 Å². The molecule has 1 N–H and O–H groups in total. The van der Waals surface area contributed by atoms with Gasteiger partial charge in [0.1, 0.15) is 5.78 Å². The Labute approximate surface area is 108 Å². The van der Waals surface area contributed by atoms with Crippen molar-refractivity contribution in [3.05, 3.63) is 47.5 Å². The second-order valence-electron chi connectivity index (χ2n) is 5.05. The van der Waals surface area contributed by atoms with Crippen molar-refractivity contribution >= 4 is 5.78 Å². The molecule has 0 aromatic heterocycles.